The minimum Gasteiger partial charge on any atom is -0.406 e. The predicted molar refractivity (Wildman–Crippen MR) is 97.2 cm³/mol. The summed E-state index contributed by atoms with van der Waals surface area (Å²) < 4.78 is 51.8. The molecule has 2 aliphatic rings. The van der Waals surface area contributed by atoms with Gasteiger partial charge in [0.2, 0.25) is 5.91 Å². The molecule has 1 amide bonds. The van der Waals surface area contributed by atoms with Crippen LogP contribution in [0.15, 0.2) is 24.3 Å². The average molecular weight is 401 g/mol. The van der Waals surface area contributed by atoms with Gasteiger partial charge < -0.3 is 19.1 Å². The number of halogens is 3. The van der Waals surface area contributed by atoms with E-state index in [0.29, 0.717) is 18.8 Å². The number of hydrogen-bond acceptors (Lipinski definition) is 4. The Morgan fingerprint density at radius 3 is 2.21 bits per heavy atom. The van der Waals surface area contributed by atoms with Gasteiger partial charge in [-0.3, -0.25) is 4.79 Å². The summed E-state index contributed by atoms with van der Waals surface area (Å²) in [6, 6.07) is 5.48. The van der Waals surface area contributed by atoms with Crippen LogP contribution in [0.1, 0.15) is 38.5 Å². The van der Waals surface area contributed by atoms with Crippen molar-refractivity contribution >= 4 is 11.6 Å². The lowest BCUT2D eigenvalue weighted by Gasteiger charge is -2.43. The summed E-state index contributed by atoms with van der Waals surface area (Å²) in [4.78, 5) is 14.8. The highest BCUT2D eigenvalue weighted by Gasteiger charge is 2.52. The summed E-state index contributed by atoms with van der Waals surface area (Å²) in [7, 11) is 3.37. The molecule has 0 bridgehead atoms. The third-order valence-electron chi connectivity index (χ3n) is 6.21. The molecule has 156 valence electrons. The number of anilines is 1. The third-order valence-corrected chi connectivity index (χ3v) is 6.21. The van der Waals surface area contributed by atoms with Gasteiger partial charge in [0.15, 0.2) is 0 Å². The fourth-order valence-corrected chi connectivity index (χ4v) is 4.39. The molecule has 1 saturated heterocycles. The highest BCUT2D eigenvalue weighted by atomic mass is 19.4. The van der Waals surface area contributed by atoms with Gasteiger partial charge in [0.25, 0.3) is 0 Å². The van der Waals surface area contributed by atoms with Crippen LogP contribution >= 0.6 is 0 Å². The SMILES string of the molecule is COCC[C@]1(OC)CC[C@]2(CCN(c3ccc(OC(F)(F)F)cc3)C2=O)CC1. The van der Waals surface area contributed by atoms with Crippen molar-refractivity contribution in [1.29, 1.82) is 0 Å². The Bertz CT molecular complexity index is 682. The van der Waals surface area contributed by atoms with Crippen LogP contribution in [-0.4, -0.2) is 45.2 Å². The van der Waals surface area contributed by atoms with E-state index in [9.17, 15) is 18.0 Å². The molecule has 2 fully saturated rings. The Balaban J connectivity index is 1.67. The van der Waals surface area contributed by atoms with Gasteiger partial charge in [-0.25, -0.2) is 0 Å². The second-order valence-electron chi connectivity index (χ2n) is 7.66. The van der Waals surface area contributed by atoms with E-state index >= 15 is 0 Å². The first kappa shape index (κ1) is 20.9. The highest BCUT2D eigenvalue weighted by molar-refractivity contribution is 6.00. The lowest BCUT2D eigenvalue weighted by molar-refractivity contribution is -0.274. The molecule has 1 saturated carbocycles. The molecule has 0 radical (unpaired) electrons. The maximum Gasteiger partial charge on any atom is 0.573 e. The highest BCUT2D eigenvalue weighted by Crippen LogP contribution is 2.50. The van der Waals surface area contributed by atoms with Crippen molar-refractivity contribution in [2.45, 2.75) is 50.5 Å². The van der Waals surface area contributed by atoms with Crippen LogP contribution in [0.2, 0.25) is 0 Å². The molecule has 8 heteroatoms. The standard InChI is InChI=1S/C20H26F3NO4/c1-26-14-12-19(27-2)9-7-18(8-10-19)11-13-24(17(18)25)15-3-5-16(6-4-15)28-20(21,22)23/h3-6H,7-14H2,1-2H3/t18-,19+. The van der Waals surface area contributed by atoms with Crippen LogP contribution in [0.5, 0.6) is 5.75 Å². The van der Waals surface area contributed by atoms with Crippen LogP contribution in [-0.2, 0) is 14.3 Å². The zero-order valence-electron chi connectivity index (χ0n) is 16.2. The fraction of sp³-hybridized carbons (Fsp3) is 0.650. The monoisotopic (exact) mass is 401 g/mol. The van der Waals surface area contributed by atoms with E-state index < -0.39 is 11.8 Å². The van der Waals surface area contributed by atoms with Crippen molar-refractivity contribution in [3.63, 3.8) is 0 Å². The second-order valence-corrected chi connectivity index (χ2v) is 7.66. The van der Waals surface area contributed by atoms with Gasteiger partial charge in [-0.1, -0.05) is 0 Å². The first-order valence-electron chi connectivity index (χ1n) is 9.44. The van der Waals surface area contributed by atoms with Gasteiger partial charge >= 0.3 is 6.36 Å². The zero-order chi connectivity index (χ0) is 20.4. The van der Waals surface area contributed by atoms with Crippen LogP contribution < -0.4 is 9.64 Å². The minimum atomic E-state index is -4.73. The summed E-state index contributed by atoms with van der Waals surface area (Å²) >= 11 is 0. The molecule has 3 rings (SSSR count). The largest absolute Gasteiger partial charge is 0.573 e. The number of ether oxygens (including phenoxy) is 3. The molecule has 1 spiro atoms. The molecular weight excluding hydrogens is 375 g/mol. The lowest BCUT2D eigenvalue weighted by Crippen LogP contribution is -2.45. The number of nitrogens with zero attached hydrogens (tertiary/aromatic N) is 1. The molecule has 1 aliphatic heterocycles. The first-order chi connectivity index (χ1) is 13.2. The first-order valence-corrected chi connectivity index (χ1v) is 9.44. The van der Waals surface area contributed by atoms with Crippen molar-refractivity contribution in [2.24, 2.45) is 5.41 Å². The van der Waals surface area contributed by atoms with Crippen LogP contribution in [0.25, 0.3) is 0 Å². The number of carbonyl (C=O) groups excluding carboxylic acids is 1. The van der Waals surface area contributed by atoms with E-state index in [4.69, 9.17) is 9.47 Å². The van der Waals surface area contributed by atoms with Crippen molar-refractivity contribution in [3.05, 3.63) is 24.3 Å². The number of amides is 1. The van der Waals surface area contributed by atoms with Gasteiger partial charge in [-0.05, 0) is 62.8 Å². The second kappa shape index (κ2) is 7.91. The van der Waals surface area contributed by atoms with Gasteiger partial charge in [0, 0.05) is 33.1 Å². The van der Waals surface area contributed by atoms with Gasteiger partial charge in [0.1, 0.15) is 5.75 Å². The maximum atomic E-state index is 13.2. The number of benzene rings is 1. The summed E-state index contributed by atoms with van der Waals surface area (Å²) in [5, 5.41) is 0. The van der Waals surface area contributed by atoms with E-state index in [1.807, 2.05) is 0 Å². The summed E-state index contributed by atoms with van der Waals surface area (Å²) in [6.07, 6.45) is -0.0981. The molecule has 1 aromatic carbocycles. The number of alkyl halides is 3. The van der Waals surface area contributed by atoms with E-state index in [1.54, 1.807) is 19.1 Å². The molecule has 28 heavy (non-hydrogen) atoms. The Morgan fingerprint density at radius 1 is 1.04 bits per heavy atom. The number of rotatable bonds is 6. The summed E-state index contributed by atoms with van der Waals surface area (Å²) in [6.45, 7) is 1.18. The van der Waals surface area contributed by atoms with Crippen LogP contribution in [0.3, 0.4) is 0 Å². The van der Waals surface area contributed by atoms with Crippen molar-refractivity contribution in [3.8, 4) is 5.75 Å². The molecule has 1 aliphatic carbocycles. The zero-order valence-corrected chi connectivity index (χ0v) is 16.2. The third kappa shape index (κ3) is 4.27. The van der Waals surface area contributed by atoms with Crippen LogP contribution in [0, 0.1) is 5.41 Å². The molecule has 0 atom stereocenters. The molecule has 5 nitrogen and oxygen atoms in total. The quantitative estimate of drug-likeness (QED) is 0.713. The van der Waals surface area contributed by atoms with E-state index in [1.165, 1.54) is 24.3 Å². The fourth-order valence-electron chi connectivity index (χ4n) is 4.39. The smallest absolute Gasteiger partial charge is 0.406 e. The number of methoxy groups -OCH3 is 2. The Kier molecular flexibility index (Phi) is 5.91. The van der Waals surface area contributed by atoms with Gasteiger partial charge in [0.05, 0.1) is 11.0 Å². The maximum absolute atomic E-state index is 13.2. The van der Waals surface area contributed by atoms with Crippen molar-refractivity contribution in [1.82, 2.24) is 0 Å². The predicted octanol–water partition coefficient (Wildman–Crippen LogP) is 4.30. The summed E-state index contributed by atoms with van der Waals surface area (Å²) in [5.74, 6) is -0.244. The topological polar surface area (TPSA) is 48.0 Å². The van der Waals surface area contributed by atoms with Crippen LogP contribution in [0.4, 0.5) is 18.9 Å². The number of carbonyl (C=O) groups is 1. The Labute approximate surface area is 162 Å². The molecule has 1 heterocycles. The normalized spacial score (nSPS) is 28.2. The average Bonchev–Trinajstić information content (AvgIpc) is 2.98. The van der Waals surface area contributed by atoms with Crippen molar-refractivity contribution < 1.29 is 32.2 Å². The number of hydrogen-bond donors (Lipinski definition) is 0. The van der Waals surface area contributed by atoms with E-state index in [0.717, 1.165) is 38.5 Å². The molecule has 1 aromatic rings. The van der Waals surface area contributed by atoms with Gasteiger partial charge in [-0.2, -0.15) is 0 Å². The van der Waals surface area contributed by atoms with E-state index in [-0.39, 0.29) is 17.3 Å². The van der Waals surface area contributed by atoms with E-state index in [2.05, 4.69) is 4.74 Å². The Hall–Kier alpha value is -1.80. The van der Waals surface area contributed by atoms with Gasteiger partial charge in [-0.15, -0.1) is 13.2 Å². The Morgan fingerprint density at radius 2 is 1.68 bits per heavy atom. The lowest BCUT2D eigenvalue weighted by atomic mass is 9.67. The molecule has 0 aromatic heterocycles. The molecular formula is C20H26F3NO4. The molecule has 0 unspecified atom stereocenters. The molecule has 0 N–H and O–H groups in total. The van der Waals surface area contributed by atoms with Crippen molar-refractivity contribution in [2.75, 3.05) is 32.3 Å². The minimum absolute atomic E-state index is 0.0495. The summed E-state index contributed by atoms with van der Waals surface area (Å²) in [5.41, 5.74) is -0.0544.